The molecule has 3 aliphatic heterocycles. The fourth-order valence-electron chi connectivity index (χ4n) is 4.48. The third-order valence-electron chi connectivity index (χ3n) is 5.44. The van der Waals surface area contributed by atoms with Crippen LogP contribution in [0.4, 0.5) is 0 Å². The van der Waals surface area contributed by atoms with Gasteiger partial charge in [-0.3, -0.25) is 9.69 Å². The zero-order chi connectivity index (χ0) is 14.1. The normalized spacial score (nSPS) is 32.6. The molecule has 3 aliphatic rings. The van der Waals surface area contributed by atoms with Gasteiger partial charge in [0.1, 0.15) is 0 Å². The predicted octanol–water partition coefficient (Wildman–Crippen LogP) is 1.46. The number of amides is 1. The summed E-state index contributed by atoms with van der Waals surface area (Å²) in [7, 11) is 0. The number of rotatable bonds is 2. The molecule has 0 aromatic carbocycles. The van der Waals surface area contributed by atoms with Crippen molar-refractivity contribution in [3.05, 3.63) is 0 Å². The first-order chi connectivity index (χ1) is 9.66. The molecule has 2 atom stereocenters. The Balaban J connectivity index is 1.66. The zero-order valence-electron chi connectivity index (χ0n) is 13.0. The Bertz CT molecular complexity index is 352. The van der Waals surface area contributed by atoms with Gasteiger partial charge in [0.15, 0.2) is 0 Å². The summed E-state index contributed by atoms with van der Waals surface area (Å²) in [5.41, 5.74) is 0. The van der Waals surface area contributed by atoms with Crippen LogP contribution < -0.4 is 5.32 Å². The van der Waals surface area contributed by atoms with Gasteiger partial charge in [-0.25, -0.2) is 0 Å². The number of likely N-dealkylation sites (tertiary alicyclic amines) is 1. The molecule has 0 aromatic rings. The standard InChI is InChI=1S/C16H29N3O/c1-12(2)19-14-3-4-15(19)11-18(10-7-14)16(20)13-5-8-17-9-6-13/h12-15,17H,3-11H2,1-2H3. The number of nitrogens with one attached hydrogen (secondary N) is 1. The molecule has 114 valence electrons. The van der Waals surface area contributed by atoms with Crippen LogP contribution in [0.15, 0.2) is 0 Å². The quantitative estimate of drug-likeness (QED) is 0.831. The highest BCUT2D eigenvalue weighted by molar-refractivity contribution is 5.79. The lowest BCUT2D eigenvalue weighted by Crippen LogP contribution is -2.46. The van der Waals surface area contributed by atoms with E-state index >= 15 is 0 Å². The van der Waals surface area contributed by atoms with Crippen molar-refractivity contribution >= 4 is 5.91 Å². The van der Waals surface area contributed by atoms with Crippen LogP contribution in [0.3, 0.4) is 0 Å². The van der Waals surface area contributed by atoms with Gasteiger partial charge in [-0.2, -0.15) is 0 Å². The molecular weight excluding hydrogens is 250 g/mol. The molecule has 3 fully saturated rings. The van der Waals surface area contributed by atoms with E-state index in [1.165, 1.54) is 19.3 Å². The number of piperidine rings is 1. The second-order valence-corrected chi connectivity index (χ2v) is 7.02. The maximum absolute atomic E-state index is 12.7. The van der Waals surface area contributed by atoms with Crippen LogP contribution in [-0.2, 0) is 4.79 Å². The second kappa shape index (κ2) is 6.02. The SMILES string of the molecule is CC(C)N1C2CCC1CN(C(=O)C1CCNCC1)CC2. The molecule has 0 aromatic heterocycles. The summed E-state index contributed by atoms with van der Waals surface area (Å²) in [4.78, 5) is 17.6. The van der Waals surface area contributed by atoms with Crippen molar-refractivity contribution in [3.63, 3.8) is 0 Å². The Kier molecular flexibility index (Phi) is 4.32. The van der Waals surface area contributed by atoms with Gasteiger partial charge in [0.05, 0.1) is 0 Å². The minimum Gasteiger partial charge on any atom is -0.341 e. The number of fused-ring (bicyclic) bond motifs is 2. The topological polar surface area (TPSA) is 35.6 Å². The number of hydrogen-bond acceptors (Lipinski definition) is 3. The van der Waals surface area contributed by atoms with E-state index in [2.05, 4.69) is 29.0 Å². The number of carbonyl (C=O) groups excluding carboxylic acids is 1. The van der Waals surface area contributed by atoms with Crippen molar-refractivity contribution in [1.82, 2.24) is 15.1 Å². The average molecular weight is 279 g/mol. The van der Waals surface area contributed by atoms with Gasteiger partial charge >= 0.3 is 0 Å². The number of carbonyl (C=O) groups is 1. The lowest BCUT2D eigenvalue weighted by atomic mass is 9.96. The van der Waals surface area contributed by atoms with E-state index in [-0.39, 0.29) is 5.92 Å². The minimum absolute atomic E-state index is 0.278. The van der Waals surface area contributed by atoms with Gasteiger partial charge in [0.25, 0.3) is 0 Å². The first-order valence-electron chi connectivity index (χ1n) is 8.43. The highest BCUT2D eigenvalue weighted by Gasteiger charge is 2.40. The van der Waals surface area contributed by atoms with Crippen LogP contribution >= 0.6 is 0 Å². The molecule has 0 saturated carbocycles. The lowest BCUT2D eigenvalue weighted by Gasteiger charge is -2.33. The molecule has 1 N–H and O–H groups in total. The smallest absolute Gasteiger partial charge is 0.225 e. The third kappa shape index (κ3) is 2.73. The van der Waals surface area contributed by atoms with E-state index in [0.29, 0.717) is 24.0 Å². The monoisotopic (exact) mass is 279 g/mol. The summed E-state index contributed by atoms with van der Waals surface area (Å²) >= 11 is 0. The van der Waals surface area contributed by atoms with Crippen LogP contribution in [0.25, 0.3) is 0 Å². The van der Waals surface area contributed by atoms with E-state index in [1.807, 2.05) is 0 Å². The van der Waals surface area contributed by atoms with E-state index in [4.69, 9.17) is 0 Å². The van der Waals surface area contributed by atoms with Crippen molar-refractivity contribution in [2.24, 2.45) is 5.92 Å². The first-order valence-corrected chi connectivity index (χ1v) is 8.43. The molecule has 20 heavy (non-hydrogen) atoms. The fraction of sp³-hybridized carbons (Fsp3) is 0.938. The molecule has 0 aliphatic carbocycles. The Morgan fingerprint density at radius 1 is 1.05 bits per heavy atom. The summed E-state index contributed by atoms with van der Waals surface area (Å²) in [6.07, 6.45) is 5.83. The van der Waals surface area contributed by atoms with Crippen molar-refractivity contribution in [1.29, 1.82) is 0 Å². The summed E-state index contributed by atoms with van der Waals surface area (Å²) in [5.74, 6) is 0.711. The molecule has 2 unspecified atom stereocenters. The summed E-state index contributed by atoms with van der Waals surface area (Å²) in [6.45, 7) is 8.57. The highest BCUT2D eigenvalue weighted by atomic mass is 16.2. The lowest BCUT2D eigenvalue weighted by molar-refractivity contribution is -0.136. The summed E-state index contributed by atoms with van der Waals surface area (Å²) in [6, 6.07) is 1.93. The van der Waals surface area contributed by atoms with E-state index in [1.54, 1.807) is 0 Å². The van der Waals surface area contributed by atoms with Crippen molar-refractivity contribution < 1.29 is 4.79 Å². The molecule has 4 nitrogen and oxygen atoms in total. The molecule has 0 radical (unpaired) electrons. The van der Waals surface area contributed by atoms with Gasteiger partial charge in [-0.1, -0.05) is 0 Å². The predicted molar refractivity (Wildman–Crippen MR) is 80.6 cm³/mol. The van der Waals surface area contributed by atoms with Crippen molar-refractivity contribution in [2.75, 3.05) is 26.2 Å². The molecule has 0 spiro atoms. The molecule has 1 amide bonds. The number of nitrogens with zero attached hydrogens (tertiary/aromatic N) is 2. The van der Waals surface area contributed by atoms with Gasteiger partial charge in [0.2, 0.25) is 5.91 Å². The Labute approximate surface area is 122 Å². The van der Waals surface area contributed by atoms with Crippen molar-refractivity contribution in [3.8, 4) is 0 Å². The second-order valence-electron chi connectivity index (χ2n) is 7.02. The van der Waals surface area contributed by atoms with Crippen LogP contribution in [-0.4, -0.2) is 60.0 Å². The Hall–Kier alpha value is -0.610. The third-order valence-corrected chi connectivity index (χ3v) is 5.44. The Morgan fingerprint density at radius 2 is 1.75 bits per heavy atom. The first kappa shape index (κ1) is 14.3. The number of hydrogen-bond donors (Lipinski definition) is 1. The molecule has 3 rings (SSSR count). The Morgan fingerprint density at radius 3 is 2.45 bits per heavy atom. The fourth-order valence-corrected chi connectivity index (χ4v) is 4.48. The minimum atomic E-state index is 0.278. The summed E-state index contributed by atoms with van der Waals surface area (Å²) < 4.78 is 0. The van der Waals surface area contributed by atoms with E-state index in [0.717, 1.165) is 39.0 Å². The summed E-state index contributed by atoms with van der Waals surface area (Å²) in [5, 5.41) is 3.35. The van der Waals surface area contributed by atoms with E-state index < -0.39 is 0 Å². The largest absolute Gasteiger partial charge is 0.341 e. The van der Waals surface area contributed by atoms with Gasteiger partial charge < -0.3 is 10.2 Å². The molecule has 4 heteroatoms. The van der Waals surface area contributed by atoms with E-state index in [9.17, 15) is 4.79 Å². The average Bonchev–Trinajstić information content (AvgIpc) is 2.74. The molecule has 3 saturated heterocycles. The molecular formula is C16H29N3O. The van der Waals surface area contributed by atoms with Gasteiger partial charge in [-0.05, 0) is 59.0 Å². The van der Waals surface area contributed by atoms with Crippen LogP contribution in [0.2, 0.25) is 0 Å². The van der Waals surface area contributed by atoms with Crippen LogP contribution in [0.1, 0.15) is 46.0 Å². The van der Waals surface area contributed by atoms with Crippen molar-refractivity contribution in [2.45, 2.75) is 64.1 Å². The van der Waals surface area contributed by atoms with Crippen LogP contribution in [0, 0.1) is 5.92 Å². The highest BCUT2D eigenvalue weighted by Crippen LogP contribution is 2.32. The zero-order valence-corrected chi connectivity index (χ0v) is 13.0. The van der Waals surface area contributed by atoms with Gasteiger partial charge in [0, 0.05) is 37.1 Å². The maximum atomic E-state index is 12.7. The maximum Gasteiger partial charge on any atom is 0.225 e. The molecule has 2 bridgehead atoms. The van der Waals surface area contributed by atoms with Crippen LogP contribution in [0.5, 0.6) is 0 Å². The molecule has 3 heterocycles. The van der Waals surface area contributed by atoms with Gasteiger partial charge in [-0.15, -0.1) is 0 Å².